The van der Waals surface area contributed by atoms with Gasteiger partial charge < -0.3 is 9.52 Å². The number of carbonyl (C=O) groups is 3. The fourth-order valence-corrected chi connectivity index (χ4v) is 1.47. The number of rotatable bonds is 4. The molecule has 2 N–H and O–H groups in total. The molecule has 0 aliphatic carbocycles. The number of Topliss-reactive ketones (excluding diaryl/α,β-unsaturated/α-hetero) is 2. The molecule has 0 amide bonds. The summed E-state index contributed by atoms with van der Waals surface area (Å²) in [6.07, 6.45) is -0.867. The lowest BCUT2D eigenvalue weighted by molar-refractivity contribution is -0.139. The van der Waals surface area contributed by atoms with Crippen molar-refractivity contribution in [3.63, 3.8) is 0 Å². The molecule has 0 fully saturated rings. The highest BCUT2D eigenvalue weighted by Gasteiger charge is 2.19. The number of aromatic nitrogens is 1. The molecule has 0 saturated heterocycles. The Morgan fingerprint density at radius 3 is 2.67 bits per heavy atom. The second kappa shape index (κ2) is 4.28. The smallest absolute Gasteiger partial charge is 0.417 e. The van der Waals surface area contributed by atoms with E-state index in [0.717, 1.165) is 0 Å². The normalized spacial score (nSPS) is 10.4. The fourth-order valence-electron chi connectivity index (χ4n) is 1.47. The van der Waals surface area contributed by atoms with E-state index in [2.05, 4.69) is 4.98 Å². The third-order valence-corrected chi connectivity index (χ3v) is 2.25. The van der Waals surface area contributed by atoms with E-state index in [1.165, 1.54) is 18.2 Å². The van der Waals surface area contributed by atoms with Gasteiger partial charge in [-0.3, -0.25) is 19.4 Å². The Labute approximate surface area is 99.0 Å². The standard InChI is InChI=1S/C11H7NO6/c13-7(4-9(14)15)10(16)5-1-2-6-8(3-5)18-11(17)12-6/h1-3H,4H2,(H,12,17)(H,14,15). The zero-order valence-corrected chi connectivity index (χ0v) is 8.93. The molecule has 92 valence electrons. The maximum atomic E-state index is 11.6. The van der Waals surface area contributed by atoms with Crippen LogP contribution >= 0.6 is 0 Å². The molecule has 1 aromatic heterocycles. The number of hydrogen-bond donors (Lipinski definition) is 2. The highest BCUT2D eigenvalue weighted by atomic mass is 16.4. The summed E-state index contributed by atoms with van der Waals surface area (Å²) in [7, 11) is 0. The maximum Gasteiger partial charge on any atom is 0.417 e. The largest absolute Gasteiger partial charge is 0.481 e. The molecule has 1 aromatic carbocycles. The average Bonchev–Trinajstić information content (AvgIpc) is 2.65. The second-order valence-corrected chi connectivity index (χ2v) is 3.55. The van der Waals surface area contributed by atoms with Gasteiger partial charge in [-0.2, -0.15) is 0 Å². The van der Waals surface area contributed by atoms with Crippen LogP contribution in [0.1, 0.15) is 16.8 Å². The molecule has 0 radical (unpaired) electrons. The van der Waals surface area contributed by atoms with Crippen LogP contribution < -0.4 is 5.76 Å². The minimum atomic E-state index is -1.37. The molecule has 7 heteroatoms. The summed E-state index contributed by atoms with van der Waals surface area (Å²) in [5.41, 5.74) is 0.507. The van der Waals surface area contributed by atoms with E-state index in [-0.39, 0.29) is 11.1 Å². The number of aliphatic carboxylic acids is 1. The van der Waals surface area contributed by atoms with Crippen molar-refractivity contribution in [1.82, 2.24) is 4.98 Å². The van der Waals surface area contributed by atoms with Gasteiger partial charge in [0.25, 0.3) is 0 Å². The van der Waals surface area contributed by atoms with E-state index in [0.29, 0.717) is 5.52 Å². The van der Waals surface area contributed by atoms with Crippen LogP contribution in [0.15, 0.2) is 27.4 Å². The first-order valence-corrected chi connectivity index (χ1v) is 4.89. The summed E-state index contributed by atoms with van der Waals surface area (Å²) in [5.74, 6) is -4.00. The molecular weight excluding hydrogens is 242 g/mol. The van der Waals surface area contributed by atoms with Crippen LogP contribution in [0.2, 0.25) is 0 Å². The van der Waals surface area contributed by atoms with Gasteiger partial charge in [-0.05, 0) is 18.2 Å². The summed E-state index contributed by atoms with van der Waals surface area (Å²) in [6.45, 7) is 0. The number of nitrogens with one attached hydrogen (secondary N) is 1. The summed E-state index contributed by atoms with van der Waals surface area (Å²) >= 11 is 0. The first kappa shape index (κ1) is 11.8. The summed E-state index contributed by atoms with van der Waals surface area (Å²) in [5, 5.41) is 8.42. The van der Waals surface area contributed by atoms with Gasteiger partial charge in [-0.15, -0.1) is 0 Å². The van der Waals surface area contributed by atoms with Crippen molar-refractivity contribution in [2.75, 3.05) is 0 Å². The predicted molar refractivity (Wildman–Crippen MR) is 58.4 cm³/mol. The third-order valence-electron chi connectivity index (χ3n) is 2.25. The quantitative estimate of drug-likeness (QED) is 0.458. The van der Waals surface area contributed by atoms with E-state index in [1.54, 1.807) is 0 Å². The molecular formula is C11H7NO6. The zero-order valence-electron chi connectivity index (χ0n) is 8.93. The van der Waals surface area contributed by atoms with E-state index in [1.807, 2.05) is 0 Å². The third kappa shape index (κ3) is 2.19. The van der Waals surface area contributed by atoms with E-state index >= 15 is 0 Å². The van der Waals surface area contributed by atoms with Crippen LogP contribution in [0.25, 0.3) is 11.1 Å². The van der Waals surface area contributed by atoms with E-state index in [4.69, 9.17) is 9.52 Å². The molecule has 0 spiro atoms. The zero-order chi connectivity index (χ0) is 13.3. The molecule has 0 saturated carbocycles. The van der Waals surface area contributed by atoms with Crippen LogP contribution in [-0.4, -0.2) is 27.6 Å². The minimum absolute atomic E-state index is 0.0171. The highest BCUT2D eigenvalue weighted by molar-refractivity contribution is 6.45. The molecule has 18 heavy (non-hydrogen) atoms. The van der Waals surface area contributed by atoms with E-state index < -0.39 is 29.7 Å². The molecule has 2 rings (SSSR count). The summed E-state index contributed by atoms with van der Waals surface area (Å²) in [4.78, 5) is 46.4. The van der Waals surface area contributed by atoms with Gasteiger partial charge in [0.05, 0.1) is 5.52 Å². The highest BCUT2D eigenvalue weighted by Crippen LogP contribution is 2.13. The van der Waals surface area contributed by atoms with Gasteiger partial charge in [-0.1, -0.05) is 0 Å². The van der Waals surface area contributed by atoms with Crippen molar-refractivity contribution in [3.05, 3.63) is 34.3 Å². The Hall–Kier alpha value is -2.70. The fraction of sp³-hybridized carbons (Fsp3) is 0.0909. The predicted octanol–water partition coefficient (Wildman–Crippen LogP) is 0.348. The maximum absolute atomic E-state index is 11.6. The lowest BCUT2D eigenvalue weighted by atomic mass is 10.1. The van der Waals surface area contributed by atoms with Crippen molar-refractivity contribution < 1.29 is 23.9 Å². The SMILES string of the molecule is O=C(O)CC(=O)C(=O)c1ccc2[nH]c(=O)oc2c1. The van der Waals surface area contributed by atoms with Crippen LogP contribution in [-0.2, 0) is 9.59 Å². The number of aromatic amines is 1. The lowest BCUT2D eigenvalue weighted by Gasteiger charge is -1.97. The van der Waals surface area contributed by atoms with Crippen molar-refractivity contribution in [1.29, 1.82) is 0 Å². The van der Waals surface area contributed by atoms with Crippen molar-refractivity contribution in [3.8, 4) is 0 Å². The van der Waals surface area contributed by atoms with Gasteiger partial charge in [0.2, 0.25) is 11.6 Å². The number of carbonyl (C=O) groups excluding carboxylic acids is 2. The number of fused-ring (bicyclic) bond motifs is 1. The first-order valence-electron chi connectivity index (χ1n) is 4.89. The molecule has 0 atom stereocenters. The number of oxazole rings is 1. The molecule has 0 bridgehead atoms. The number of ketones is 2. The van der Waals surface area contributed by atoms with Crippen LogP contribution in [0.4, 0.5) is 0 Å². The van der Waals surface area contributed by atoms with Crippen molar-refractivity contribution in [2.24, 2.45) is 0 Å². The van der Waals surface area contributed by atoms with Gasteiger partial charge in [-0.25, -0.2) is 4.79 Å². The van der Waals surface area contributed by atoms with Crippen LogP contribution in [0, 0.1) is 0 Å². The Balaban J connectivity index is 2.36. The molecule has 2 aromatic rings. The molecule has 0 aliphatic heterocycles. The number of hydrogen-bond acceptors (Lipinski definition) is 5. The molecule has 7 nitrogen and oxygen atoms in total. The van der Waals surface area contributed by atoms with Gasteiger partial charge in [0, 0.05) is 5.56 Å². The number of benzene rings is 1. The number of carboxylic acid groups (broad SMARTS) is 1. The molecule has 0 aliphatic rings. The average molecular weight is 249 g/mol. The Morgan fingerprint density at radius 1 is 1.28 bits per heavy atom. The Kier molecular flexibility index (Phi) is 2.80. The summed E-state index contributed by atoms with van der Waals surface area (Å²) in [6, 6.07) is 3.94. The Morgan fingerprint density at radius 2 is 2.00 bits per heavy atom. The van der Waals surface area contributed by atoms with Crippen LogP contribution in [0.3, 0.4) is 0 Å². The monoisotopic (exact) mass is 249 g/mol. The van der Waals surface area contributed by atoms with Gasteiger partial charge in [0.1, 0.15) is 6.42 Å². The molecule has 1 heterocycles. The minimum Gasteiger partial charge on any atom is -0.481 e. The van der Waals surface area contributed by atoms with Crippen molar-refractivity contribution in [2.45, 2.75) is 6.42 Å². The van der Waals surface area contributed by atoms with Gasteiger partial charge >= 0.3 is 11.7 Å². The Bertz CT molecular complexity index is 708. The lowest BCUT2D eigenvalue weighted by Crippen LogP contribution is -2.17. The van der Waals surface area contributed by atoms with Crippen LogP contribution in [0.5, 0.6) is 0 Å². The molecule has 0 unspecified atom stereocenters. The second-order valence-electron chi connectivity index (χ2n) is 3.55. The van der Waals surface area contributed by atoms with Gasteiger partial charge in [0.15, 0.2) is 5.58 Å². The number of H-pyrrole nitrogens is 1. The van der Waals surface area contributed by atoms with Crippen molar-refractivity contribution >= 4 is 28.6 Å². The number of carboxylic acids is 1. The van der Waals surface area contributed by atoms with E-state index in [9.17, 15) is 19.2 Å². The first-order chi connectivity index (χ1) is 8.47. The topological polar surface area (TPSA) is 117 Å². The summed E-state index contributed by atoms with van der Waals surface area (Å²) < 4.78 is 4.73.